The first kappa shape index (κ1) is 14.0. The average Bonchev–Trinajstić information content (AvgIpc) is 2.76. The van der Waals surface area contributed by atoms with Crippen LogP contribution in [0.15, 0.2) is 24.3 Å². The van der Waals surface area contributed by atoms with E-state index in [1.54, 1.807) is 30.1 Å². The molecule has 0 spiro atoms. The first-order valence-electron chi connectivity index (χ1n) is 6.24. The molecule has 0 aliphatic carbocycles. The second-order valence-electron chi connectivity index (χ2n) is 4.72. The number of likely N-dealkylation sites (tertiary alicyclic amines) is 1. The van der Waals surface area contributed by atoms with Crippen molar-refractivity contribution in [2.45, 2.75) is 12.5 Å². The Balaban J connectivity index is 2.06. The zero-order chi connectivity index (χ0) is 14.7. The summed E-state index contributed by atoms with van der Waals surface area (Å²) in [6.45, 7) is 0.501. The van der Waals surface area contributed by atoms with Gasteiger partial charge in [0, 0.05) is 25.6 Å². The fourth-order valence-corrected chi connectivity index (χ4v) is 2.13. The van der Waals surface area contributed by atoms with Gasteiger partial charge in [0.05, 0.1) is 18.7 Å². The second kappa shape index (κ2) is 5.73. The van der Waals surface area contributed by atoms with Crippen molar-refractivity contribution in [1.82, 2.24) is 10.2 Å². The lowest BCUT2D eigenvalue weighted by Gasteiger charge is -2.12. The maximum absolute atomic E-state index is 12.1. The monoisotopic (exact) mass is 276 g/mol. The van der Waals surface area contributed by atoms with Crippen LogP contribution in [0, 0.1) is 0 Å². The normalized spacial score (nSPS) is 18.0. The molecule has 0 unspecified atom stereocenters. The summed E-state index contributed by atoms with van der Waals surface area (Å²) < 4.78 is 4.61. The van der Waals surface area contributed by atoms with Crippen LogP contribution in [-0.2, 0) is 9.53 Å². The predicted molar refractivity (Wildman–Crippen MR) is 71.3 cm³/mol. The van der Waals surface area contributed by atoms with Crippen molar-refractivity contribution >= 4 is 17.8 Å². The van der Waals surface area contributed by atoms with Crippen LogP contribution < -0.4 is 5.32 Å². The van der Waals surface area contributed by atoms with Gasteiger partial charge in [0.15, 0.2) is 0 Å². The van der Waals surface area contributed by atoms with Gasteiger partial charge < -0.3 is 15.0 Å². The van der Waals surface area contributed by atoms with Gasteiger partial charge in [-0.05, 0) is 18.2 Å². The molecule has 1 aromatic rings. The predicted octanol–water partition coefficient (Wildman–Crippen LogP) is 0.434. The summed E-state index contributed by atoms with van der Waals surface area (Å²) in [4.78, 5) is 36.5. The van der Waals surface area contributed by atoms with Gasteiger partial charge in [-0.1, -0.05) is 6.07 Å². The molecule has 1 aromatic carbocycles. The van der Waals surface area contributed by atoms with Crippen LogP contribution in [0.4, 0.5) is 0 Å². The van der Waals surface area contributed by atoms with Crippen molar-refractivity contribution in [3.63, 3.8) is 0 Å². The number of carbonyl (C=O) groups excluding carboxylic acids is 3. The molecule has 1 aliphatic rings. The Kier molecular flexibility index (Phi) is 4.02. The van der Waals surface area contributed by atoms with Crippen LogP contribution in [0.2, 0.25) is 0 Å². The van der Waals surface area contributed by atoms with E-state index < -0.39 is 5.97 Å². The van der Waals surface area contributed by atoms with E-state index in [0.29, 0.717) is 24.1 Å². The molecule has 1 saturated heterocycles. The third-order valence-electron chi connectivity index (χ3n) is 3.22. The van der Waals surface area contributed by atoms with E-state index in [-0.39, 0.29) is 17.9 Å². The lowest BCUT2D eigenvalue weighted by atomic mass is 10.1. The number of benzene rings is 1. The number of methoxy groups -OCH3 is 1. The smallest absolute Gasteiger partial charge is 0.337 e. The van der Waals surface area contributed by atoms with Crippen LogP contribution in [0.1, 0.15) is 27.1 Å². The highest BCUT2D eigenvalue weighted by Crippen LogP contribution is 2.11. The Labute approximate surface area is 116 Å². The molecular formula is C14H16N2O4. The molecule has 2 rings (SSSR count). The number of hydrogen-bond acceptors (Lipinski definition) is 4. The van der Waals surface area contributed by atoms with Gasteiger partial charge >= 0.3 is 5.97 Å². The van der Waals surface area contributed by atoms with Crippen molar-refractivity contribution < 1.29 is 19.1 Å². The molecule has 1 fully saturated rings. The molecule has 2 amide bonds. The van der Waals surface area contributed by atoms with E-state index in [4.69, 9.17) is 0 Å². The molecule has 1 N–H and O–H groups in total. The molecule has 0 aromatic heterocycles. The van der Waals surface area contributed by atoms with E-state index in [0.717, 1.165) is 0 Å². The molecule has 20 heavy (non-hydrogen) atoms. The maximum Gasteiger partial charge on any atom is 0.337 e. The Bertz CT molecular complexity index is 556. The minimum absolute atomic E-state index is 0.0126. The molecule has 1 heterocycles. The minimum atomic E-state index is -0.490. The van der Waals surface area contributed by atoms with Crippen molar-refractivity contribution in [2.24, 2.45) is 0 Å². The summed E-state index contributed by atoms with van der Waals surface area (Å²) in [5.41, 5.74) is 0.690. The number of amides is 2. The number of esters is 1. The van der Waals surface area contributed by atoms with E-state index in [1.165, 1.54) is 13.2 Å². The number of nitrogens with one attached hydrogen (secondary N) is 1. The summed E-state index contributed by atoms with van der Waals surface area (Å²) >= 11 is 0. The molecule has 1 aliphatic heterocycles. The van der Waals surface area contributed by atoms with E-state index in [9.17, 15) is 14.4 Å². The number of rotatable bonds is 3. The molecule has 6 heteroatoms. The first-order valence-corrected chi connectivity index (χ1v) is 6.24. The molecule has 6 nitrogen and oxygen atoms in total. The first-order chi connectivity index (χ1) is 9.51. The van der Waals surface area contributed by atoms with E-state index >= 15 is 0 Å². The lowest BCUT2D eigenvalue weighted by Crippen LogP contribution is -2.36. The van der Waals surface area contributed by atoms with Gasteiger partial charge in [0.2, 0.25) is 5.91 Å². The zero-order valence-corrected chi connectivity index (χ0v) is 11.4. The van der Waals surface area contributed by atoms with E-state index in [2.05, 4.69) is 10.1 Å². The standard InChI is InChI=1S/C14H16N2O4/c1-16-8-11(7-12(16)17)15-13(18)9-4-3-5-10(6-9)14(19)20-2/h3-6,11H,7-8H2,1-2H3,(H,15,18)/t11-/m1/s1. The summed E-state index contributed by atoms with van der Waals surface area (Å²) in [7, 11) is 2.99. The van der Waals surface area contributed by atoms with Crippen molar-refractivity contribution in [1.29, 1.82) is 0 Å². The topological polar surface area (TPSA) is 75.7 Å². The van der Waals surface area contributed by atoms with Crippen molar-refractivity contribution in [3.05, 3.63) is 35.4 Å². The molecule has 1 atom stereocenters. The van der Waals surface area contributed by atoms with Crippen molar-refractivity contribution in [2.75, 3.05) is 20.7 Å². The third-order valence-corrected chi connectivity index (χ3v) is 3.22. The van der Waals surface area contributed by atoms with E-state index in [1.807, 2.05) is 0 Å². The number of likely N-dealkylation sites (N-methyl/N-ethyl adjacent to an activating group) is 1. The van der Waals surface area contributed by atoms with Gasteiger partial charge in [-0.15, -0.1) is 0 Å². The largest absolute Gasteiger partial charge is 0.465 e. The summed E-state index contributed by atoms with van der Waals surface area (Å²) in [5.74, 6) is -0.780. The number of nitrogens with zero attached hydrogens (tertiary/aromatic N) is 1. The Morgan fingerprint density at radius 1 is 1.35 bits per heavy atom. The lowest BCUT2D eigenvalue weighted by molar-refractivity contribution is -0.126. The Morgan fingerprint density at radius 2 is 2.05 bits per heavy atom. The van der Waals surface area contributed by atoms with Gasteiger partial charge in [-0.25, -0.2) is 4.79 Å². The molecule has 0 radical (unpaired) electrons. The number of carbonyl (C=O) groups is 3. The van der Waals surface area contributed by atoms with Crippen LogP contribution in [0.3, 0.4) is 0 Å². The molecule has 0 bridgehead atoms. The van der Waals surface area contributed by atoms with Gasteiger partial charge in [-0.3, -0.25) is 9.59 Å². The maximum atomic E-state index is 12.1. The Morgan fingerprint density at radius 3 is 2.65 bits per heavy atom. The average molecular weight is 276 g/mol. The Hall–Kier alpha value is -2.37. The zero-order valence-electron chi connectivity index (χ0n) is 11.4. The molecule has 106 valence electrons. The second-order valence-corrected chi connectivity index (χ2v) is 4.72. The van der Waals surface area contributed by atoms with Crippen molar-refractivity contribution in [3.8, 4) is 0 Å². The van der Waals surface area contributed by atoms with Crippen LogP contribution in [0.25, 0.3) is 0 Å². The summed E-state index contributed by atoms with van der Waals surface area (Å²) in [6.07, 6.45) is 0.304. The highest BCUT2D eigenvalue weighted by molar-refractivity contribution is 5.98. The van der Waals surface area contributed by atoms with Gasteiger partial charge in [-0.2, -0.15) is 0 Å². The highest BCUT2D eigenvalue weighted by Gasteiger charge is 2.28. The van der Waals surface area contributed by atoms with Crippen LogP contribution in [0.5, 0.6) is 0 Å². The van der Waals surface area contributed by atoms with Crippen LogP contribution >= 0.6 is 0 Å². The quantitative estimate of drug-likeness (QED) is 0.812. The SMILES string of the molecule is COC(=O)c1cccc(C(=O)N[C@@H]2CC(=O)N(C)C2)c1. The summed E-state index contributed by atoms with van der Waals surface area (Å²) in [5, 5.41) is 2.79. The fraction of sp³-hybridized carbons (Fsp3) is 0.357. The number of hydrogen-bond donors (Lipinski definition) is 1. The molecular weight excluding hydrogens is 260 g/mol. The van der Waals surface area contributed by atoms with Gasteiger partial charge in [0.1, 0.15) is 0 Å². The summed E-state index contributed by atoms with van der Waals surface area (Å²) in [6, 6.07) is 6.09. The number of ether oxygens (including phenoxy) is 1. The van der Waals surface area contributed by atoms with Crippen LogP contribution in [-0.4, -0.2) is 49.4 Å². The third kappa shape index (κ3) is 2.96. The minimum Gasteiger partial charge on any atom is -0.465 e. The fourth-order valence-electron chi connectivity index (χ4n) is 2.13. The highest BCUT2D eigenvalue weighted by atomic mass is 16.5. The van der Waals surface area contributed by atoms with Gasteiger partial charge in [0.25, 0.3) is 5.91 Å². The molecule has 0 saturated carbocycles.